The molecule has 2 aliphatic rings. The maximum absolute atomic E-state index is 13.4. The lowest BCUT2D eigenvalue weighted by Gasteiger charge is -2.35. The van der Waals surface area contributed by atoms with Crippen LogP contribution in [0.15, 0.2) is 36.5 Å². The number of pyridine rings is 1. The van der Waals surface area contributed by atoms with Crippen LogP contribution in [-0.2, 0) is 12.8 Å². The molecule has 0 bridgehead atoms. The van der Waals surface area contributed by atoms with Gasteiger partial charge in [0, 0.05) is 12.7 Å². The van der Waals surface area contributed by atoms with Crippen LogP contribution in [0.25, 0.3) is 0 Å². The van der Waals surface area contributed by atoms with E-state index in [4.69, 9.17) is 4.74 Å². The van der Waals surface area contributed by atoms with Crippen molar-refractivity contribution in [2.45, 2.75) is 44.6 Å². The van der Waals surface area contributed by atoms with Crippen LogP contribution in [0.4, 0.5) is 0 Å². The zero-order chi connectivity index (χ0) is 17.2. The van der Waals surface area contributed by atoms with Crippen molar-refractivity contribution in [3.63, 3.8) is 0 Å². The van der Waals surface area contributed by atoms with E-state index in [9.17, 15) is 4.79 Å². The molecule has 4 heteroatoms. The van der Waals surface area contributed by atoms with Crippen LogP contribution in [0.2, 0.25) is 0 Å². The molecule has 130 valence electrons. The monoisotopic (exact) mass is 336 g/mol. The number of amides is 1. The summed E-state index contributed by atoms with van der Waals surface area (Å²) in [5.41, 5.74) is 4.31. The van der Waals surface area contributed by atoms with Gasteiger partial charge in [0.05, 0.1) is 24.4 Å². The zero-order valence-electron chi connectivity index (χ0n) is 14.7. The molecule has 1 fully saturated rings. The lowest BCUT2D eigenvalue weighted by Crippen LogP contribution is -2.39. The fourth-order valence-electron chi connectivity index (χ4n) is 4.15. The van der Waals surface area contributed by atoms with Crippen molar-refractivity contribution in [1.29, 1.82) is 0 Å². The summed E-state index contributed by atoms with van der Waals surface area (Å²) >= 11 is 0. The number of benzene rings is 1. The molecule has 0 N–H and O–H groups in total. The zero-order valence-corrected chi connectivity index (χ0v) is 14.7. The van der Waals surface area contributed by atoms with Gasteiger partial charge in [0.2, 0.25) is 0 Å². The van der Waals surface area contributed by atoms with Crippen molar-refractivity contribution < 1.29 is 9.53 Å². The number of carbonyl (C=O) groups is 1. The van der Waals surface area contributed by atoms with Crippen molar-refractivity contribution >= 4 is 5.91 Å². The smallest absolute Gasteiger partial charge is 0.258 e. The first-order valence-electron chi connectivity index (χ1n) is 9.19. The number of carbonyl (C=O) groups excluding carboxylic acids is 1. The normalized spacial score (nSPS) is 19.6. The van der Waals surface area contributed by atoms with E-state index in [0.717, 1.165) is 50.8 Å². The quantitative estimate of drug-likeness (QED) is 0.852. The second kappa shape index (κ2) is 6.87. The van der Waals surface area contributed by atoms with Gasteiger partial charge in [-0.1, -0.05) is 6.07 Å². The van der Waals surface area contributed by atoms with Crippen LogP contribution in [0.3, 0.4) is 0 Å². The number of likely N-dealkylation sites (tertiary alicyclic amines) is 1. The van der Waals surface area contributed by atoms with Crippen molar-refractivity contribution in [3.8, 4) is 5.75 Å². The molecule has 1 aliphatic heterocycles. The topological polar surface area (TPSA) is 42.4 Å². The summed E-state index contributed by atoms with van der Waals surface area (Å²) in [6, 6.07) is 10.1. The van der Waals surface area contributed by atoms with Crippen molar-refractivity contribution in [2.24, 2.45) is 0 Å². The summed E-state index contributed by atoms with van der Waals surface area (Å²) in [6.07, 6.45) is 8.26. The number of ether oxygens (including phenoxy) is 1. The molecular weight excluding hydrogens is 312 g/mol. The first-order valence-corrected chi connectivity index (χ1v) is 9.19. The number of aromatic nitrogens is 1. The number of nitrogens with zero attached hydrogens (tertiary/aromatic N) is 2. The molecular formula is C21H24N2O2. The molecule has 1 aliphatic carbocycles. The van der Waals surface area contributed by atoms with E-state index in [1.807, 2.05) is 29.3 Å². The summed E-state index contributed by atoms with van der Waals surface area (Å²) in [4.78, 5) is 19.9. The van der Waals surface area contributed by atoms with Crippen LogP contribution in [0.5, 0.6) is 5.75 Å². The van der Waals surface area contributed by atoms with E-state index >= 15 is 0 Å². The third-order valence-electron chi connectivity index (χ3n) is 5.44. The molecule has 4 nitrogen and oxygen atoms in total. The first-order chi connectivity index (χ1) is 12.3. The Labute approximate surface area is 148 Å². The Morgan fingerprint density at radius 2 is 2.00 bits per heavy atom. The van der Waals surface area contributed by atoms with E-state index in [1.54, 1.807) is 7.11 Å². The molecule has 1 saturated heterocycles. The maximum atomic E-state index is 13.4. The van der Waals surface area contributed by atoms with Crippen LogP contribution in [0.1, 0.15) is 58.9 Å². The summed E-state index contributed by atoms with van der Waals surface area (Å²) in [7, 11) is 1.65. The molecule has 25 heavy (non-hydrogen) atoms. The summed E-state index contributed by atoms with van der Waals surface area (Å²) in [5.74, 6) is 0.776. The Morgan fingerprint density at radius 1 is 1.16 bits per heavy atom. The molecule has 1 aromatic heterocycles. The molecule has 1 amide bonds. The number of methoxy groups -OCH3 is 1. The van der Waals surface area contributed by atoms with Gasteiger partial charge in [-0.3, -0.25) is 9.78 Å². The van der Waals surface area contributed by atoms with Gasteiger partial charge in [0.25, 0.3) is 5.91 Å². The SMILES string of the molecule is COc1cc2c(cc1C(=O)N1CCCC[C@@H]1c1ccccn1)CCC2. The highest BCUT2D eigenvalue weighted by Crippen LogP contribution is 2.35. The molecule has 1 atom stereocenters. The second-order valence-corrected chi connectivity index (χ2v) is 6.94. The predicted octanol–water partition coefficient (Wildman–Crippen LogP) is 3.95. The summed E-state index contributed by atoms with van der Waals surface area (Å²) in [5, 5.41) is 0. The highest BCUT2D eigenvalue weighted by atomic mass is 16.5. The summed E-state index contributed by atoms with van der Waals surface area (Å²) in [6.45, 7) is 0.778. The third kappa shape index (κ3) is 3.01. The fraction of sp³-hybridized carbons (Fsp3) is 0.429. The van der Waals surface area contributed by atoms with Crippen LogP contribution in [0, 0.1) is 0 Å². The number of hydrogen-bond donors (Lipinski definition) is 0. The van der Waals surface area contributed by atoms with Crippen LogP contribution < -0.4 is 4.74 Å². The molecule has 0 saturated carbocycles. The minimum absolute atomic E-state index is 0.0559. The molecule has 2 heterocycles. The van der Waals surface area contributed by atoms with Gasteiger partial charge in [-0.2, -0.15) is 0 Å². The summed E-state index contributed by atoms with van der Waals surface area (Å²) < 4.78 is 5.56. The number of hydrogen-bond acceptors (Lipinski definition) is 3. The average molecular weight is 336 g/mol. The number of aryl methyl sites for hydroxylation is 2. The Balaban J connectivity index is 1.69. The number of rotatable bonds is 3. The molecule has 0 radical (unpaired) electrons. The van der Waals surface area contributed by atoms with E-state index < -0.39 is 0 Å². The van der Waals surface area contributed by atoms with E-state index in [2.05, 4.69) is 17.1 Å². The van der Waals surface area contributed by atoms with E-state index in [1.165, 1.54) is 11.1 Å². The van der Waals surface area contributed by atoms with Gasteiger partial charge in [-0.25, -0.2) is 0 Å². The van der Waals surface area contributed by atoms with Gasteiger partial charge < -0.3 is 9.64 Å². The van der Waals surface area contributed by atoms with Gasteiger partial charge in [0.15, 0.2) is 0 Å². The van der Waals surface area contributed by atoms with Crippen molar-refractivity contribution in [1.82, 2.24) is 9.88 Å². The van der Waals surface area contributed by atoms with Crippen molar-refractivity contribution in [2.75, 3.05) is 13.7 Å². The molecule has 2 aromatic rings. The highest BCUT2D eigenvalue weighted by Gasteiger charge is 2.31. The second-order valence-electron chi connectivity index (χ2n) is 6.94. The number of fused-ring (bicyclic) bond motifs is 1. The largest absolute Gasteiger partial charge is 0.496 e. The third-order valence-corrected chi connectivity index (χ3v) is 5.44. The molecule has 4 rings (SSSR count). The Bertz CT molecular complexity index is 773. The van der Waals surface area contributed by atoms with Gasteiger partial charge in [0.1, 0.15) is 5.75 Å². The predicted molar refractivity (Wildman–Crippen MR) is 96.9 cm³/mol. The number of piperidine rings is 1. The molecule has 1 aromatic carbocycles. The minimum Gasteiger partial charge on any atom is -0.496 e. The average Bonchev–Trinajstić information content (AvgIpc) is 3.14. The highest BCUT2D eigenvalue weighted by molar-refractivity contribution is 5.97. The van der Waals surface area contributed by atoms with E-state index in [0.29, 0.717) is 11.3 Å². The molecule has 0 unspecified atom stereocenters. The Hall–Kier alpha value is -2.36. The maximum Gasteiger partial charge on any atom is 0.258 e. The van der Waals surface area contributed by atoms with Crippen LogP contribution >= 0.6 is 0 Å². The Kier molecular flexibility index (Phi) is 4.43. The molecule has 0 spiro atoms. The first kappa shape index (κ1) is 16.1. The van der Waals surface area contributed by atoms with Gasteiger partial charge >= 0.3 is 0 Å². The van der Waals surface area contributed by atoms with Crippen LogP contribution in [-0.4, -0.2) is 29.4 Å². The van der Waals surface area contributed by atoms with Crippen molar-refractivity contribution in [3.05, 3.63) is 58.9 Å². The lowest BCUT2D eigenvalue weighted by molar-refractivity contribution is 0.0602. The van der Waals surface area contributed by atoms with Gasteiger partial charge in [-0.05, 0) is 73.9 Å². The lowest BCUT2D eigenvalue weighted by atomic mass is 9.96. The standard InChI is InChI=1S/C21H24N2O2/c1-25-20-14-16-8-6-7-15(16)13-17(20)21(24)23-12-5-3-10-19(23)18-9-2-4-11-22-18/h2,4,9,11,13-14,19H,3,5-8,10,12H2,1H3/t19-/m1/s1. The fourth-order valence-corrected chi connectivity index (χ4v) is 4.15. The van der Waals surface area contributed by atoms with Gasteiger partial charge in [-0.15, -0.1) is 0 Å². The Morgan fingerprint density at radius 3 is 2.76 bits per heavy atom. The minimum atomic E-state index is 0.0559. The van der Waals surface area contributed by atoms with E-state index in [-0.39, 0.29) is 11.9 Å².